The Morgan fingerprint density at radius 2 is 1.87 bits per heavy atom. The van der Waals surface area contributed by atoms with Crippen molar-refractivity contribution in [3.8, 4) is 11.5 Å². The van der Waals surface area contributed by atoms with Crippen LogP contribution in [0.1, 0.15) is 19.6 Å². The molecule has 0 fully saturated rings. The van der Waals surface area contributed by atoms with Crippen LogP contribution in [0.15, 0.2) is 61.6 Å². The van der Waals surface area contributed by atoms with Gasteiger partial charge < -0.3 is 14.2 Å². The monoisotopic (exact) mass is 450 g/mol. The molecular formula is C19H22N4O5S2. The molecule has 2 aromatic heterocycles. The van der Waals surface area contributed by atoms with E-state index in [0.717, 1.165) is 11.8 Å². The lowest BCUT2D eigenvalue weighted by Gasteiger charge is -2.18. The Kier molecular flexibility index (Phi) is 7.29. The number of amides is 1. The number of carbonyl (C=O) groups is 1. The van der Waals surface area contributed by atoms with E-state index in [1.54, 1.807) is 44.4 Å². The zero-order valence-corrected chi connectivity index (χ0v) is 18.2. The topological polar surface area (TPSA) is 119 Å². The Morgan fingerprint density at radius 1 is 1.13 bits per heavy atom. The van der Waals surface area contributed by atoms with Gasteiger partial charge >= 0.3 is 0 Å². The molecule has 0 radical (unpaired) electrons. The molecule has 0 aliphatic heterocycles. The molecule has 0 saturated carbocycles. The zero-order chi connectivity index (χ0) is 21.6. The number of carbonyl (C=O) groups excluding carboxylic acids is 1. The molecule has 0 saturated heterocycles. The minimum absolute atomic E-state index is 0.114. The fourth-order valence-corrected chi connectivity index (χ4v) is 4.70. The van der Waals surface area contributed by atoms with E-state index in [9.17, 15) is 13.2 Å². The van der Waals surface area contributed by atoms with E-state index in [0.29, 0.717) is 31.0 Å². The van der Waals surface area contributed by atoms with Crippen molar-refractivity contribution in [3.63, 3.8) is 0 Å². The second-order valence-corrected chi connectivity index (χ2v) is 9.00. The van der Waals surface area contributed by atoms with E-state index in [2.05, 4.69) is 15.5 Å². The summed E-state index contributed by atoms with van der Waals surface area (Å²) < 4.78 is 37.2. The van der Waals surface area contributed by atoms with Crippen LogP contribution in [0.4, 0.5) is 0 Å². The summed E-state index contributed by atoms with van der Waals surface area (Å²) in [5.41, 5.74) is 0.593. The van der Waals surface area contributed by atoms with Crippen LogP contribution in [0.5, 0.6) is 0 Å². The summed E-state index contributed by atoms with van der Waals surface area (Å²) in [6.45, 7) is 4.71. The highest BCUT2D eigenvalue weighted by atomic mass is 32.2. The van der Waals surface area contributed by atoms with Crippen LogP contribution >= 0.6 is 11.8 Å². The number of hydrogen-bond acceptors (Lipinski definition) is 8. The molecule has 9 nitrogen and oxygen atoms in total. The first-order valence-electron chi connectivity index (χ1n) is 9.30. The van der Waals surface area contributed by atoms with Crippen molar-refractivity contribution >= 4 is 27.7 Å². The SMILES string of the molecule is CCN(CC)S(=O)(=O)c1ccc(-c2nnc(SCC(=O)NCc3ccco3)o2)cc1. The summed E-state index contributed by atoms with van der Waals surface area (Å²) in [4.78, 5) is 12.1. The Labute approximate surface area is 178 Å². The van der Waals surface area contributed by atoms with Crippen molar-refractivity contribution in [3.05, 3.63) is 48.4 Å². The molecule has 3 aromatic rings. The molecule has 11 heteroatoms. The van der Waals surface area contributed by atoms with Gasteiger partial charge in [-0.2, -0.15) is 4.31 Å². The van der Waals surface area contributed by atoms with Crippen molar-refractivity contribution in [1.82, 2.24) is 19.8 Å². The fraction of sp³-hybridized carbons (Fsp3) is 0.316. The van der Waals surface area contributed by atoms with Crippen molar-refractivity contribution in [2.45, 2.75) is 30.5 Å². The molecule has 160 valence electrons. The molecule has 0 aliphatic rings. The summed E-state index contributed by atoms with van der Waals surface area (Å²) in [6.07, 6.45) is 1.54. The average Bonchev–Trinajstić information content (AvgIpc) is 3.43. The number of aromatic nitrogens is 2. The maximum Gasteiger partial charge on any atom is 0.277 e. The molecule has 1 N–H and O–H groups in total. The number of rotatable bonds is 10. The summed E-state index contributed by atoms with van der Waals surface area (Å²) >= 11 is 1.11. The van der Waals surface area contributed by atoms with Crippen LogP contribution in [0.25, 0.3) is 11.5 Å². The third-order valence-corrected chi connectivity index (χ3v) is 7.10. The van der Waals surface area contributed by atoms with E-state index in [-0.39, 0.29) is 27.7 Å². The second-order valence-electron chi connectivity index (χ2n) is 6.13. The molecule has 30 heavy (non-hydrogen) atoms. The minimum atomic E-state index is -3.52. The number of sulfonamides is 1. The molecule has 3 rings (SSSR count). The Morgan fingerprint density at radius 3 is 2.50 bits per heavy atom. The lowest BCUT2D eigenvalue weighted by Crippen LogP contribution is -2.30. The highest BCUT2D eigenvalue weighted by Crippen LogP contribution is 2.25. The van der Waals surface area contributed by atoms with Gasteiger partial charge in [0.15, 0.2) is 0 Å². The van der Waals surface area contributed by atoms with Gasteiger partial charge in [-0.25, -0.2) is 8.42 Å². The predicted octanol–water partition coefficient (Wildman–Crippen LogP) is 2.77. The maximum atomic E-state index is 12.6. The number of benzene rings is 1. The van der Waals surface area contributed by atoms with Gasteiger partial charge in [-0.05, 0) is 36.4 Å². The van der Waals surface area contributed by atoms with Gasteiger partial charge in [0, 0.05) is 18.7 Å². The zero-order valence-electron chi connectivity index (χ0n) is 16.6. The maximum absolute atomic E-state index is 12.6. The Bertz CT molecular complexity index is 1060. The molecule has 0 bridgehead atoms. The number of hydrogen-bond donors (Lipinski definition) is 1. The van der Waals surface area contributed by atoms with Crippen molar-refractivity contribution in [1.29, 1.82) is 0 Å². The molecule has 0 unspecified atom stereocenters. The number of furan rings is 1. The smallest absolute Gasteiger partial charge is 0.277 e. The van der Waals surface area contributed by atoms with Gasteiger partial charge in [-0.15, -0.1) is 10.2 Å². The summed E-state index contributed by atoms with van der Waals surface area (Å²) in [5.74, 6) is 0.839. The summed E-state index contributed by atoms with van der Waals surface area (Å²) in [7, 11) is -3.52. The lowest BCUT2D eigenvalue weighted by atomic mass is 10.2. The van der Waals surface area contributed by atoms with Crippen LogP contribution in [0.3, 0.4) is 0 Å². The molecule has 1 amide bonds. The molecule has 0 aliphatic carbocycles. The van der Waals surface area contributed by atoms with Gasteiger partial charge in [-0.1, -0.05) is 25.6 Å². The highest BCUT2D eigenvalue weighted by molar-refractivity contribution is 7.99. The van der Waals surface area contributed by atoms with Crippen LogP contribution in [0.2, 0.25) is 0 Å². The van der Waals surface area contributed by atoms with Gasteiger partial charge in [0.2, 0.25) is 21.8 Å². The second kappa shape index (κ2) is 9.92. The van der Waals surface area contributed by atoms with Crippen molar-refractivity contribution in [2.24, 2.45) is 0 Å². The first-order chi connectivity index (χ1) is 14.4. The summed E-state index contributed by atoms with van der Waals surface area (Å²) in [6, 6.07) is 9.80. The highest BCUT2D eigenvalue weighted by Gasteiger charge is 2.21. The lowest BCUT2D eigenvalue weighted by molar-refractivity contribution is -0.118. The van der Waals surface area contributed by atoms with Gasteiger partial charge in [0.1, 0.15) is 5.76 Å². The number of nitrogens with zero attached hydrogens (tertiary/aromatic N) is 3. The van der Waals surface area contributed by atoms with E-state index in [4.69, 9.17) is 8.83 Å². The summed E-state index contributed by atoms with van der Waals surface area (Å²) in [5, 5.41) is 10.9. The quantitative estimate of drug-likeness (QED) is 0.469. The van der Waals surface area contributed by atoms with Crippen LogP contribution in [0, 0.1) is 0 Å². The van der Waals surface area contributed by atoms with E-state index >= 15 is 0 Å². The fourth-order valence-electron chi connectivity index (χ4n) is 2.64. The average molecular weight is 451 g/mol. The normalized spacial score (nSPS) is 11.7. The predicted molar refractivity (Wildman–Crippen MR) is 111 cm³/mol. The molecule has 0 atom stereocenters. The number of nitrogens with one attached hydrogen (secondary N) is 1. The van der Waals surface area contributed by atoms with Crippen LogP contribution < -0.4 is 5.32 Å². The molecule has 1 aromatic carbocycles. The van der Waals surface area contributed by atoms with Crippen molar-refractivity contribution < 1.29 is 22.0 Å². The minimum Gasteiger partial charge on any atom is -0.467 e. The third-order valence-electron chi connectivity index (χ3n) is 4.22. The van der Waals surface area contributed by atoms with Gasteiger partial charge in [-0.3, -0.25) is 4.79 Å². The first kappa shape index (κ1) is 22.1. The standard InChI is InChI=1S/C19H22N4O5S2/c1-3-23(4-2)30(25,26)16-9-7-14(8-10-16)18-21-22-19(28-18)29-13-17(24)20-12-15-6-5-11-27-15/h5-11H,3-4,12-13H2,1-2H3,(H,20,24). The van der Waals surface area contributed by atoms with Gasteiger partial charge in [0.25, 0.3) is 5.22 Å². The molecular weight excluding hydrogens is 428 g/mol. The molecule has 2 heterocycles. The van der Waals surface area contributed by atoms with E-state index in [1.807, 2.05) is 0 Å². The van der Waals surface area contributed by atoms with E-state index < -0.39 is 10.0 Å². The third kappa shape index (κ3) is 5.29. The van der Waals surface area contributed by atoms with Crippen molar-refractivity contribution in [2.75, 3.05) is 18.8 Å². The Balaban J connectivity index is 1.58. The Hall–Kier alpha value is -2.63. The van der Waals surface area contributed by atoms with Gasteiger partial charge in [0.05, 0.1) is 23.5 Å². The van der Waals surface area contributed by atoms with E-state index in [1.165, 1.54) is 16.4 Å². The van der Waals surface area contributed by atoms with Crippen LogP contribution in [-0.2, 0) is 21.4 Å². The van der Waals surface area contributed by atoms with Crippen LogP contribution in [-0.4, -0.2) is 47.7 Å². The first-order valence-corrected chi connectivity index (χ1v) is 11.7. The largest absolute Gasteiger partial charge is 0.467 e. The molecule has 0 spiro atoms. The number of thioether (sulfide) groups is 1.